The lowest BCUT2D eigenvalue weighted by molar-refractivity contribution is -0.142. The Balaban J connectivity index is 1.96. The second-order valence-corrected chi connectivity index (χ2v) is 5.02. The van der Waals surface area contributed by atoms with E-state index in [1.807, 2.05) is 0 Å². The van der Waals surface area contributed by atoms with Crippen molar-refractivity contribution < 1.29 is 23.1 Å². The summed E-state index contributed by atoms with van der Waals surface area (Å²) in [5.41, 5.74) is 0.691. The summed E-state index contributed by atoms with van der Waals surface area (Å²) >= 11 is 0. The van der Waals surface area contributed by atoms with E-state index < -0.39 is 11.6 Å². The molecule has 5 nitrogen and oxygen atoms in total. The zero-order valence-corrected chi connectivity index (χ0v) is 12.7. The van der Waals surface area contributed by atoms with Gasteiger partial charge in [0, 0.05) is 11.5 Å². The topological polar surface area (TPSA) is 65.7 Å². The molecule has 1 aromatic heterocycles. The van der Waals surface area contributed by atoms with Gasteiger partial charge in [0.2, 0.25) is 0 Å². The van der Waals surface area contributed by atoms with Crippen molar-refractivity contribution in [3.8, 4) is 16.9 Å². The van der Waals surface area contributed by atoms with Crippen molar-refractivity contribution in [3.05, 3.63) is 64.8 Å². The molecule has 0 aliphatic carbocycles. The van der Waals surface area contributed by atoms with Gasteiger partial charge in [-0.3, -0.25) is 0 Å². The first-order chi connectivity index (χ1) is 11.6. The van der Waals surface area contributed by atoms with Gasteiger partial charge in [-0.05, 0) is 35.9 Å². The molecule has 122 valence electrons. The molecule has 0 N–H and O–H groups in total. The van der Waals surface area contributed by atoms with E-state index in [0.717, 1.165) is 0 Å². The van der Waals surface area contributed by atoms with Gasteiger partial charge in [0.05, 0.1) is 12.7 Å². The molecular weight excluding hydrogens is 315 g/mol. The Bertz CT molecular complexity index is 944. The number of methoxy groups -OCH3 is 1. The van der Waals surface area contributed by atoms with Crippen LogP contribution in [0, 0.1) is 5.82 Å². The van der Waals surface area contributed by atoms with Crippen molar-refractivity contribution in [3.63, 3.8) is 0 Å². The summed E-state index contributed by atoms with van der Waals surface area (Å²) in [7, 11) is 1.27. The summed E-state index contributed by atoms with van der Waals surface area (Å²) in [4.78, 5) is 23.2. The lowest BCUT2D eigenvalue weighted by Crippen LogP contribution is -2.12. The number of esters is 1. The van der Waals surface area contributed by atoms with Crippen molar-refractivity contribution in [1.29, 1.82) is 0 Å². The van der Waals surface area contributed by atoms with Crippen LogP contribution in [0.1, 0.15) is 0 Å². The molecule has 0 unspecified atom stereocenters. The SMILES string of the molecule is COC(=O)COc1ccc2cc(-c3ccc(F)cc3)c(=O)oc2c1. The molecule has 0 atom stereocenters. The lowest BCUT2D eigenvalue weighted by atomic mass is 10.1. The first-order valence-corrected chi connectivity index (χ1v) is 7.10. The van der Waals surface area contributed by atoms with Crippen LogP contribution in [-0.2, 0) is 9.53 Å². The summed E-state index contributed by atoms with van der Waals surface area (Å²) in [5.74, 6) is -0.509. The fourth-order valence-corrected chi connectivity index (χ4v) is 2.21. The van der Waals surface area contributed by atoms with Gasteiger partial charge in [-0.25, -0.2) is 14.0 Å². The molecule has 0 aliphatic rings. The highest BCUT2D eigenvalue weighted by Crippen LogP contribution is 2.24. The second kappa shape index (κ2) is 6.54. The maximum atomic E-state index is 13.0. The highest BCUT2D eigenvalue weighted by molar-refractivity contribution is 5.82. The fraction of sp³-hybridized carbons (Fsp3) is 0.111. The van der Waals surface area contributed by atoms with Gasteiger partial charge in [-0.2, -0.15) is 0 Å². The van der Waals surface area contributed by atoms with Crippen molar-refractivity contribution >= 4 is 16.9 Å². The van der Waals surface area contributed by atoms with Gasteiger partial charge in [-0.15, -0.1) is 0 Å². The predicted molar refractivity (Wildman–Crippen MR) is 85.4 cm³/mol. The highest BCUT2D eigenvalue weighted by Gasteiger charge is 2.09. The molecule has 1 heterocycles. The Morgan fingerprint density at radius 3 is 2.58 bits per heavy atom. The van der Waals surface area contributed by atoms with Gasteiger partial charge < -0.3 is 13.9 Å². The number of ether oxygens (including phenoxy) is 2. The number of carbonyl (C=O) groups excluding carboxylic acids is 1. The van der Waals surface area contributed by atoms with E-state index in [1.165, 1.54) is 37.4 Å². The monoisotopic (exact) mass is 328 g/mol. The third-order valence-corrected chi connectivity index (χ3v) is 3.45. The summed E-state index contributed by atoms with van der Waals surface area (Å²) in [6.45, 7) is -0.236. The highest BCUT2D eigenvalue weighted by atomic mass is 19.1. The molecule has 0 aliphatic heterocycles. The molecular formula is C18H13FO5. The van der Waals surface area contributed by atoms with E-state index in [2.05, 4.69) is 4.74 Å². The largest absolute Gasteiger partial charge is 0.482 e. The molecule has 3 aromatic rings. The molecule has 0 saturated heterocycles. The molecule has 6 heteroatoms. The van der Waals surface area contributed by atoms with Gasteiger partial charge >= 0.3 is 11.6 Å². The van der Waals surface area contributed by atoms with Crippen molar-refractivity contribution in [2.24, 2.45) is 0 Å². The number of hydrogen-bond acceptors (Lipinski definition) is 5. The summed E-state index contributed by atoms with van der Waals surface area (Å²) in [5, 5.41) is 0.680. The summed E-state index contributed by atoms with van der Waals surface area (Å²) in [6, 6.07) is 12.1. The number of carbonyl (C=O) groups is 1. The van der Waals surface area contributed by atoms with Gasteiger partial charge in [-0.1, -0.05) is 12.1 Å². The maximum absolute atomic E-state index is 13.0. The number of halogens is 1. The standard InChI is InChI=1S/C18H13FO5/c1-22-17(20)10-23-14-7-4-12-8-15(18(21)24-16(12)9-14)11-2-5-13(19)6-3-11/h2-9H,10H2,1H3. The van der Waals surface area contributed by atoms with E-state index in [0.29, 0.717) is 27.8 Å². The molecule has 0 spiro atoms. The van der Waals surface area contributed by atoms with Crippen LogP contribution in [-0.4, -0.2) is 19.7 Å². The van der Waals surface area contributed by atoms with Gasteiger partial charge in [0.15, 0.2) is 6.61 Å². The van der Waals surface area contributed by atoms with Crippen molar-refractivity contribution in [2.45, 2.75) is 0 Å². The van der Waals surface area contributed by atoms with Crippen LogP contribution >= 0.6 is 0 Å². The molecule has 0 fully saturated rings. The lowest BCUT2D eigenvalue weighted by Gasteiger charge is -2.06. The van der Waals surface area contributed by atoms with Gasteiger partial charge in [0.25, 0.3) is 0 Å². The third-order valence-electron chi connectivity index (χ3n) is 3.45. The van der Waals surface area contributed by atoms with Crippen LogP contribution in [0.3, 0.4) is 0 Å². The van der Waals surface area contributed by atoms with Crippen LogP contribution in [0.25, 0.3) is 22.1 Å². The first kappa shape index (κ1) is 15.7. The molecule has 24 heavy (non-hydrogen) atoms. The predicted octanol–water partition coefficient (Wildman–Crippen LogP) is 3.15. The Morgan fingerprint density at radius 2 is 1.88 bits per heavy atom. The third kappa shape index (κ3) is 3.27. The Morgan fingerprint density at radius 1 is 1.12 bits per heavy atom. The quantitative estimate of drug-likeness (QED) is 0.544. The normalized spacial score (nSPS) is 10.6. The fourth-order valence-electron chi connectivity index (χ4n) is 2.21. The van der Waals surface area contributed by atoms with Crippen LogP contribution in [0.15, 0.2) is 57.7 Å². The minimum absolute atomic E-state index is 0.236. The first-order valence-electron chi connectivity index (χ1n) is 7.10. The van der Waals surface area contributed by atoms with Crippen molar-refractivity contribution in [2.75, 3.05) is 13.7 Å². The Kier molecular flexibility index (Phi) is 4.29. The zero-order chi connectivity index (χ0) is 17.1. The van der Waals surface area contributed by atoms with E-state index in [4.69, 9.17) is 9.15 Å². The molecule has 0 amide bonds. The Hall–Kier alpha value is -3.15. The van der Waals surface area contributed by atoms with E-state index >= 15 is 0 Å². The molecule has 2 aromatic carbocycles. The average molecular weight is 328 g/mol. The van der Waals surface area contributed by atoms with Crippen LogP contribution < -0.4 is 10.4 Å². The number of benzene rings is 2. The van der Waals surface area contributed by atoms with E-state index in [-0.39, 0.29) is 12.4 Å². The molecule has 3 rings (SSSR count). The second-order valence-electron chi connectivity index (χ2n) is 5.02. The number of hydrogen-bond donors (Lipinski definition) is 0. The molecule has 0 bridgehead atoms. The average Bonchev–Trinajstić information content (AvgIpc) is 2.59. The van der Waals surface area contributed by atoms with E-state index in [1.54, 1.807) is 18.2 Å². The van der Waals surface area contributed by atoms with Crippen LogP contribution in [0.4, 0.5) is 4.39 Å². The zero-order valence-electron chi connectivity index (χ0n) is 12.7. The molecule has 0 radical (unpaired) electrons. The minimum atomic E-state index is -0.542. The maximum Gasteiger partial charge on any atom is 0.344 e. The number of fused-ring (bicyclic) bond motifs is 1. The molecule has 0 saturated carbocycles. The minimum Gasteiger partial charge on any atom is -0.482 e. The smallest absolute Gasteiger partial charge is 0.344 e. The summed E-state index contributed by atoms with van der Waals surface area (Å²) < 4.78 is 28.1. The van der Waals surface area contributed by atoms with Crippen LogP contribution in [0.2, 0.25) is 0 Å². The van der Waals surface area contributed by atoms with E-state index in [9.17, 15) is 14.0 Å². The Labute approximate surface area is 136 Å². The number of rotatable bonds is 4. The van der Waals surface area contributed by atoms with Crippen LogP contribution in [0.5, 0.6) is 5.75 Å². The van der Waals surface area contributed by atoms with Crippen molar-refractivity contribution in [1.82, 2.24) is 0 Å². The van der Waals surface area contributed by atoms with Gasteiger partial charge in [0.1, 0.15) is 17.1 Å². The summed E-state index contributed by atoms with van der Waals surface area (Å²) in [6.07, 6.45) is 0.